The van der Waals surface area contributed by atoms with Crippen LogP contribution >= 0.6 is 0 Å². The number of rotatable bonds is 2. The average Bonchev–Trinajstić information content (AvgIpc) is 3.36. The molecule has 162 valence electrons. The van der Waals surface area contributed by atoms with Crippen molar-refractivity contribution in [1.82, 2.24) is 19.9 Å². The lowest BCUT2D eigenvalue weighted by molar-refractivity contribution is 0.554. The molecule has 5 aromatic rings. The summed E-state index contributed by atoms with van der Waals surface area (Å²) in [6, 6.07) is 21.5. The van der Waals surface area contributed by atoms with Crippen molar-refractivity contribution in [3.8, 4) is 22.5 Å². The van der Waals surface area contributed by atoms with Crippen LogP contribution in [-0.2, 0) is 10.8 Å². The zero-order chi connectivity index (χ0) is 22.7. The van der Waals surface area contributed by atoms with Crippen molar-refractivity contribution in [3.05, 3.63) is 72.1 Å². The highest BCUT2D eigenvalue weighted by Crippen LogP contribution is 2.30. The van der Waals surface area contributed by atoms with Gasteiger partial charge in [-0.05, 0) is 46.4 Å². The highest BCUT2D eigenvalue weighted by Gasteiger charge is 2.18. The fourth-order valence-electron chi connectivity index (χ4n) is 4.00. The summed E-state index contributed by atoms with van der Waals surface area (Å²) < 4.78 is 0. The first-order valence-corrected chi connectivity index (χ1v) is 11.2. The van der Waals surface area contributed by atoms with E-state index in [2.05, 4.69) is 112 Å². The number of nitrogens with one attached hydrogen (secondary N) is 2. The number of H-pyrrole nitrogens is 2. The predicted octanol–water partition coefficient (Wildman–Crippen LogP) is 7.37. The third-order valence-electron chi connectivity index (χ3n) is 6.03. The van der Waals surface area contributed by atoms with Crippen molar-refractivity contribution in [3.63, 3.8) is 0 Å². The SMILES string of the molecule is CC(C)(C)c1ccc(-c2nc3ccc(-c4ccc5nc(C(C)(C)C)[nH]c5c4)cc3[nH]2)cc1. The van der Waals surface area contributed by atoms with E-state index >= 15 is 0 Å². The van der Waals surface area contributed by atoms with Crippen molar-refractivity contribution in [2.45, 2.75) is 52.4 Å². The minimum atomic E-state index is -0.00447. The van der Waals surface area contributed by atoms with Crippen molar-refractivity contribution >= 4 is 22.1 Å². The van der Waals surface area contributed by atoms with Crippen LogP contribution in [0, 0.1) is 0 Å². The fourth-order valence-corrected chi connectivity index (χ4v) is 4.00. The van der Waals surface area contributed by atoms with Gasteiger partial charge in [0.25, 0.3) is 0 Å². The van der Waals surface area contributed by atoms with E-state index in [0.29, 0.717) is 0 Å². The van der Waals surface area contributed by atoms with Crippen LogP contribution in [0.3, 0.4) is 0 Å². The Balaban J connectivity index is 1.50. The summed E-state index contributed by atoms with van der Waals surface area (Å²) in [5.41, 5.74) is 8.96. The van der Waals surface area contributed by atoms with E-state index in [9.17, 15) is 0 Å². The topological polar surface area (TPSA) is 57.4 Å². The quantitative estimate of drug-likeness (QED) is 0.312. The van der Waals surface area contributed by atoms with E-state index in [1.807, 2.05) is 0 Å². The number of benzene rings is 3. The molecule has 3 aromatic carbocycles. The largest absolute Gasteiger partial charge is 0.342 e. The van der Waals surface area contributed by atoms with Gasteiger partial charge in [0.15, 0.2) is 0 Å². The number of aromatic nitrogens is 4. The van der Waals surface area contributed by atoms with Gasteiger partial charge < -0.3 is 9.97 Å². The molecule has 0 saturated heterocycles. The zero-order valence-corrected chi connectivity index (χ0v) is 19.7. The summed E-state index contributed by atoms with van der Waals surface area (Å²) in [6.07, 6.45) is 0. The number of aromatic amines is 2. The monoisotopic (exact) mass is 422 g/mol. The molecular weight excluding hydrogens is 392 g/mol. The Kier molecular flexibility index (Phi) is 4.52. The molecule has 5 rings (SSSR count). The lowest BCUT2D eigenvalue weighted by Crippen LogP contribution is -2.12. The number of hydrogen-bond donors (Lipinski definition) is 2. The zero-order valence-electron chi connectivity index (χ0n) is 19.7. The second-order valence-corrected chi connectivity index (χ2v) is 10.7. The van der Waals surface area contributed by atoms with Gasteiger partial charge in [-0.25, -0.2) is 9.97 Å². The first-order valence-electron chi connectivity index (χ1n) is 11.2. The van der Waals surface area contributed by atoms with Gasteiger partial charge in [-0.2, -0.15) is 0 Å². The molecule has 0 radical (unpaired) electrons. The maximum atomic E-state index is 4.82. The van der Waals surface area contributed by atoms with Crippen LogP contribution in [0.5, 0.6) is 0 Å². The molecule has 2 heterocycles. The summed E-state index contributed by atoms with van der Waals surface area (Å²) in [7, 11) is 0. The lowest BCUT2D eigenvalue weighted by Gasteiger charge is -2.18. The first kappa shape index (κ1) is 20.5. The number of fused-ring (bicyclic) bond motifs is 2. The minimum Gasteiger partial charge on any atom is -0.342 e. The van der Waals surface area contributed by atoms with E-state index in [0.717, 1.165) is 50.4 Å². The van der Waals surface area contributed by atoms with Gasteiger partial charge in [0.05, 0.1) is 22.1 Å². The van der Waals surface area contributed by atoms with Crippen LogP contribution < -0.4 is 0 Å². The lowest BCUT2D eigenvalue weighted by atomic mass is 9.87. The molecule has 0 amide bonds. The van der Waals surface area contributed by atoms with Gasteiger partial charge in [-0.1, -0.05) is 77.9 Å². The van der Waals surface area contributed by atoms with Gasteiger partial charge >= 0.3 is 0 Å². The Hall–Kier alpha value is -3.40. The maximum absolute atomic E-state index is 4.82. The van der Waals surface area contributed by atoms with Gasteiger partial charge in [0.2, 0.25) is 0 Å². The molecule has 0 aliphatic carbocycles. The van der Waals surface area contributed by atoms with Crippen LogP contribution in [0.4, 0.5) is 0 Å². The third-order valence-corrected chi connectivity index (χ3v) is 6.03. The van der Waals surface area contributed by atoms with Crippen molar-refractivity contribution in [2.75, 3.05) is 0 Å². The van der Waals surface area contributed by atoms with Crippen molar-refractivity contribution in [1.29, 1.82) is 0 Å². The summed E-state index contributed by atoms with van der Waals surface area (Å²) in [4.78, 5) is 16.6. The van der Waals surface area contributed by atoms with E-state index in [4.69, 9.17) is 9.97 Å². The highest BCUT2D eigenvalue weighted by atomic mass is 14.9. The predicted molar refractivity (Wildman–Crippen MR) is 134 cm³/mol. The van der Waals surface area contributed by atoms with E-state index in [1.54, 1.807) is 0 Å². The second kappa shape index (κ2) is 7.06. The number of imidazole rings is 2. The average molecular weight is 423 g/mol. The molecule has 2 aromatic heterocycles. The fraction of sp³-hybridized carbons (Fsp3) is 0.286. The molecule has 0 bridgehead atoms. The number of hydrogen-bond acceptors (Lipinski definition) is 2. The van der Waals surface area contributed by atoms with Crippen LogP contribution in [0.1, 0.15) is 52.9 Å². The van der Waals surface area contributed by atoms with Gasteiger partial charge in [-0.3, -0.25) is 0 Å². The molecule has 2 N–H and O–H groups in total. The van der Waals surface area contributed by atoms with Gasteiger partial charge in [0.1, 0.15) is 11.6 Å². The molecular formula is C28H30N4. The van der Waals surface area contributed by atoms with E-state index in [1.165, 1.54) is 5.56 Å². The third kappa shape index (κ3) is 3.70. The molecule has 0 fully saturated rings. The Labute approximate surface area is 189 Å². The molecule has 0 atom stereocenters. The molecule has 0 unspecified atom stereocenters. The highest BCUT2D eigenvalue weighted by molar-refractivity contribution is 5.87. The summed E-state index contributed by atoms with van der Waals surface area (Å²) >= 11 is 0. The summed E-state index contributed by atoms with van der Waals surface area (Å²) in [5, 5.41) is 0. The Morgan fingerprint density at radius 2 is 1.09 bits per heavy atom. The standard InChI is InChI=1S/C28H30N4/c1-27(2,3)20-11-7-17(8-12-20)25-29-21-13-9-18(15-23(21)30-25)19-10-14-22-24(16-19)32-26(31-22)28(4,5)6/h7-16H,1-6H3,(H,29,30)(H,31,32). The second-order valence-electron chi connectivity index (χ2n) is 10.7. The Bertz CT molecular complexity index is 1420. The van der Waals surface area contributed by atoms with Gasteiger partial charge in [0, 0.05) is 11.0 Å². The molecule has 0 aliphatic rings. The molecule has 4 heteroatoms. The van der Waals surface area contributed by atoms with Crippen LogP contribution in [0.15, 0.2) is 60.7 Å². The Morgan fingerprint density at radius 3 is 1.66 bits per heavy atom. The molecule has 0 aliphatic heterocycles. The van der Waals surface area contributed by atoms with Crippen LogP contribution in [0.2, 0.25) is 0 Å². The maximum Gasteiger partial charge on any atom is 0.138 e. The van der Waals surface area contributed by atoms with Gasteiger partial charge in [-0.15, -0.1) is 0 Å². The van der Waals surface area contributed by atoms with E-state index in [-0.39, 0.29) is 10.8 Å². The number of nitrogens with zero attached hydrogens (tertiary/aromatic N) is 2. The molecule has 4 nitrogen and oxygen atoms in total. The van der Waals surface area contributed by atoms with Crippen LogP contribution in [0.25, 0.3) is 44.6 Å². The summed E-state index contributed by atoms with van der Waals surface area (Å²) in [5.74, 6) is 1.91. The smallest absolute Gasteiger partial charge is 0.138 e. The molecule has 0 spiro atoms. The first-order chi connectivity index (χ1) is 15.1. The van der Waals surface area contributed by atoms with Crippen molar-refractivity contribution in [2.24, 2.45) is 0 Å². The summed E-state index contributed by atoms with van der Waals surface area (Å²) in [6.45, 7) is 13.2. The molecule has 32 heavy (non-hydrogen) atoms. The molecule has 0 saturated carbocycles. The van der Waals surface area contributed by atoms with Crippen LogP contribution in [-0.4, -0.2) is 19.9 Å². The van der Waals surface area contributed by atoms with E-state index < -0.39 is 0 Å². The van der Waals surface area contributed by atoms with Crippen molar-refractivity contribution < 1.29 is 0 Å². The normalized spacial score (nSPS) is 12.7. The Morgan fingerprint density at radius 1 is 0.562 bits per heavy atom. The minimum absolute atomic E-state index is 0.00447.